The standard InChI is InChI=1S/C13H10ClF2NO2S/c14-7-4-5-20-12(7)13(19)17-10(6-18)11-8(15)2-1-3-9(11)16/h1-5,10,18H,6H2,(H,17,19)/t10-/m0/s1. The van der Waals surface area contributed by atoms with Gasteiger partial charge < -0.3 is 10.4 Å². The Bertz CT molecular complexity index is 612. The summed E-state index contributed by atoms with van der Waals surface area (Å²) in [6.45, 7) is -0.632. The van der Waals surface area contributed by atoms with Crippen LogP contribution < -0.4 is 5.32 Å². The Labute approximate surface area is 122 Å². The van der Waals surface area contributed by atoms with E-state index in [4.69, 9.17) is 11.6 Å². The Morgan fingerprint density at radius 3 is 2.50 bits per heavy atom. The highest BCUT2D eigenvalue weighted by Crippen LogP contribution is 2.24. The van der Waals surface area contributed by atoms with Crippen LogP contribution in [0.15, 0.2) is 29.6 Å². The van der Waals surface area contributed by atoms with Crippen LogP contribution in [-0.4, -0.2) is 17.6 Å². The van der Waals surface area contributed by atoms with E-state index >= 15 is 0 Å². The number of aliphatic hydroxyl groups is 1. The van der Waals surface area contributed by atoms with Gasteiger partial charge in [-0.25, -0.2) is 8.78 Å². The molecule has 0 fully saturated rings. The van der Waals surface area contributed by atoms with Crippen LogP contribution in [0.2, 0.25) is 5.02 Å². The molecule has 1 heterocycles. The molecule has 1 amide bonds. The Morgan fingerprint density at radius 2 is 2.00 bits per heavy atom. The van der Waals surface area contributed by atoms with Crippen molar-refractivity contribution in [1.29, 1.82) is 0 Å². The average Bonchev–Trinajstić information content (AvgIpc) is 2.83. The van der Waals surface area contributed by atoms with E-state index in [2.05, 4.69) is 5.32 Å². The van der Waals surface area contributed by atoms with Crippen molar-refractivity contribution in [3.8, 4) is 0 Å². The van der Waals surface area contributed by atoms with Gasteiger partial charge in [0.2, 0.25) is 0 Å². The molecule has 2 N–H and O–H groups in total. The minimum Gasteiger partial charge on any atom is -0.394 e. The highest BCUT2D eigenvalue weighted by atomic mass is 35.5. The zero-order chi connectivity index (χ0) is 14.7. The van der Waals surface area contributed by atoms with Crippen molar-refractivity contribution >= 4 is 28.8 Å². The molecule has 2 rings (SSSR count). The topological polar surface area (TPSA) is 49.3 Å². The molecule has 0 unspecified atom stereocenters. The normalized spacial score (nSPS) is 12.2. The van der Waals surface area contributed by atoms with Crippen molar-refractivity contribution in [1.82, 2.24) is 5.32 Å². The second-order valence-corrected chi connectivity index (χ2v) is 5.26. The maximum atomic E-state index is 13.6. The van der Waals surface area contributed by atoms with Gasteiger partial charge in [0.05, 0.1) is 17.7 Å². The van der Waals surface area contributed by atoms with Crippen molar-refractivity contribution in [3.05, 3.63) is 56.7 Å². The highest BCUT2D eigenvalue weighted by Gasteiger charge is 2.23. The maximum absolute atomic E-state index is 13.6. The van der Waals surface area contributed by atoms with Gasteiger partial charge in [-0.15, -0.1) is 11.3 Å². The Kier molecular flexibility index (Phi) is 4.69. The minimum atomic E-state index is -1.18. The summed E-state index contributed by atoms with van der Waals surface area (Å²) in [7, 11) is 0. The van der Waals surface area contributed by atoms with Crippen molar-refractivity contribution in [2.24, 2.45) is 0 Å². The lowest BCUT2D eigenvalue weighted by molar-refractivity contribution is 0.0918. The molecule has 0 aliphatic carbocycles. The third-order valence-electron chi connectivity index (χ3n) is 2.66. The molecule has 0 saturated carbocycles. The number of carbonyl (C=O) groups is 1. The van der Waals surface area contributed by atoms with E-state index in [0.29, 0.717) is 0 Å². The van der Waals surface area contributed by atoms with Crippen molar-refractivity contribution in [2.75, 3.05) is 6.61 Å². The smallest absolute Gasteiger partial charge is 0.263 e. The van der Waals surface area contributed by atoms with E-state index in [1.807, 2.05) is 0 Å². The summed E-state index contributed by atoms with van der Waals surface area (Å²) in [5.41, 5.74) is -0.379. The van der Waals surface area contributed by atoms with Gasteiger partial charge in [-0.05, 0) is 23.6 Å². The third kappa shape index (κ3) is 2.98. The van der Waals surface area contributed by atoms with Crippen LogP contribution in [0.4, 0.5) is 8.78 Å². The molecule has 0 bridgehead atoms. The predicted molar refractivity (Wildman–Crippen MR) is 73.0 cm³/mol. The van der Waals surface area contributed by atoms with E-state index in [-0.39, 0.29) is 15.5 Å². The fourth-order valence-electron chi connectivity index (χ4n) is 1.73. The number of rotatable bonds is 4. The zero-order valence-corrected chi connectivity index (χ0v) is 11.6. The molecule has 106 valence electrons. The molecular formula is C13H10ClF2NO2S. The molecule has 0 spiro atoms. The third-order valence-corrected chi connectivity index (χ3v) is 4.00. The molecule has 1 aromatic heterocycles. The Hall–Kier alpha value is -1.50. The minimum absolute atomic E-state index is 0.224. The van der Waals surface area contributed by atoms with Gasteiger partial charge in [0.1, 0.15) is 16.5 Å². The Balaban J connectivity index is 2.26. The van der Waals surface area contributed by atoms with Crippen molar-refractivity contribution in [2.45, 2.75) is 6.04 Å². The van der Waals surface area contributed by atoms with Gasteiger partial charge in [-0.3, -0.25) is 4.79 Å². The number of amides is 1. The first kappa shape index (κ1) is 14.9. The summed E-state index contributed by atoms with van der Waals surface area (Å²) in [6, 6.07) is 3.69. The number of hydrogen-bond donors (Lipinski definition) is 2. The van der Waals surface area contributed by atoms with Crippen molar-refractivity contribution in [3.63, 3.8) is 0 Å². The predicted octanol–water partition coefficient (Wildman–Crippen LogP) is 3.14. The fourth-order valence-corrected chi connectivity index (χ4v) is 2.78. The van der Waals surface area contributed by atoms with E-state index in [1.54, 1.807) is 11.4 Å². The van der Waals surface area contributed by atoms with Crippen LogP contribution in [-0.2, 0) is 0 Å². The quantitative estimate of drug-likeness (QED) is 0.910. The lowest BCUT2D eigenvalue weighted by Crippen LogP contribution is -2.31. The summed E-state index contributed by atoms with van der Waals surface area (Å²) < 4.78 is 27.3. The van der Waals surface area contributed by atoms with Gasteiger partial charge in [0.25, 0.3) is 5.91 Å². The molecule has 2 aromatic rings. The van der Waals surface area contributed by atoms with Gasteiger partial charge in [0.15, 0.2) is 0 Å². The van der Waals surface area contributed by atoms with Crippen molar-refractivity contribution < 1.29 is 18.7 Å². The van der Waals surface area contributed by atoms with Crippen LogP contribution in [0.1, 0.15) is 21.3 Å². The summed E-state index contributed by atoms with van der Waals surface area (Å²) in [4.78, 5) is 12.2. The molecule has 0 aliphatic heterocycles. The second kappa shape index (κ2) is 6.30. The van der Waals surface area contributed by atoms with Gasteiger partial charge in [-0.2, -0.15) is 0 Å². The molecule has 0 saturated heterocycles. The first-order chi connectivity index (χ1) is 9.54. The maximum Gasteiger partial charge on any atom is 0.263 e. The Morgan fingerprint density at radius 1 is 1.35 bits per heavy atom. The van der Waals surface area contributed by atoms with Gasteiger partial charge in [0, 0.05) is 5.56 Å². The monoisotopic (exact) mass is 317 g/mol. The zero-order valence-electron chi connectivity index (χ0n) is 10.1. The van der Waals surface area contributed by atoms with Gasteiger partial charge in [-0.1, -0.05) is 17.7 Å². The van der Waals surface area contributed by atoms with Crippen LogP contribution in [0.3, 0.4) is 0 Å². The summed E-state index contributed by atoms with van der Waals surface area (Å²) in [5.74, 6) is -2.25. The fraction of sp³-hybridized carbons (Fsp3) is 0.154. The summed E-state index contributed by atoms with van der Waals surface area (Å²) in [6.07, 6.45) is 0. The summed E-state index contributed by atoms with van der Waals surface area (Å²) >= 11 is 6.91. The lowest BCUT2D eigenvalue weighted by Gasteiger charge is -2.17. The molecule has 0 radical (unpaired) electrons. The van der Waals surface area contributed by atoms with Crippen LogP contribution in [0.5, 0.6) is 0 Å². The van der Waals surface area contributed by atoms with Gasteiger partial charge >= 0.3 is 0 Å². The van der Waals surface area contributed by atoms with Crippen LogP contribution >= 0.6 is 22.9 Å². The SMILES string of the molecule is O=C(N[C@@H](CO)c1c(F)cccc1F)c1sccc1Cl. The number of nitrogens with one attached hydrogen (secondary N) is 1. The summed E-state index contributed by atoms with van der Waals surface area (Å²) in [5, 5.41) is 13.5. The largest absolute Gasteiger partial charge is 0.394 e. The van der Waals surface area contributed by atoms with E-state index in [9.17, 15) is 18.7 Å². The van der Waals surface area contributed by atoms with E-state index in [1.165, 1.54) is 6.07 Å². The average molecular weight is 318 g/mol. The lowest BCUT2D eigenvalue weighted by atomic mass is 10.1. The van der Waals surface area contributed by atoms with E-state index < -0.39 is 30.2 Å². The number of thiophene rings is 1. The number of aliphatic hydroxyl groups excluding tert-OH is 1. The molecule has 1 aromatic carbocycles. The molecule has 7 heteroatoms. The number of benzene rings is 1. The molecule has 1 atom stereocenters. The molecular weight excluding hydrogens is 308 g/mol. The van der Waals surface area contributed by atoms with Crippen LogP contribution in [0.25, 0.3) is 0 Å². The first-order valence-electron chi connectivity index (χ1n) is 5.63. The molecule has 3 nitrogen and oxygen atoms in total. The second-order valence-electron chi connectivity index (χ2n) is 3.94. The number of hydrogen-bond acceptors (Lipinski definition) is 3. The van der Waals surface area contributed by atoms with Crippen LogP contribution in [0, 0.1) is 11.6 Å². The highest BCUT2D eigenvalue weighted by molar-refractivity contribution is 7.12. The molecule has 0 aliphatic rings. The molecule has 20 heavy (non-hydrogen) atoms. The first-order valence-corrected chi connectivity index (χ1v) is 6.89. The number of carbonyl (C=O) groups excluding carboxylic acids is 1. The van der Waals surface area contributed by atoms with E-state index in [0.717, 1.165) is 23.5 Å². The number of halogens is 3.